The van der Waals surface area contributed by atoms with Crippen molar-refractivity contribution >= 4 is 79.0 Å². The molecule has 11 nitrogen and oxygen atoms in total. The summed E-state index contributed by atoms with van der Waals surface area (Å²) in [6.45, 7) is 1.56. The highest BCUT2D eigenvalue weighted by Crippen LogP contribution is 2.43. The number of urea groups is 1. The number of methoxy groups -OCH3 is 1. The molecule has 4 amide bonds. The number of benzene rings is 2. The second-order valence-electron chi connectivity index (χ2n) is 8.33. The number of carbonyl (C=O) groups excluding carboxylic acids is 4. The van der Waals surface area contributed by atoms with Gasteiger partial charge in [0.15, 0.2) is 18.1 Å². The third-order valence-corrected chi connectivity index (χ3v) is 7.95. The third kappa shape index (κ3) is 7.10. The molecule has 2 N–H and O–H groups in total. The molecule has 214 valence electrons. The van der Waals surface area contributed by atoms with Crippen LogP contribution in [0.15, 0.2) is 61.5 Å². The Kier molecular flexibility index (Phi) is 9.73. The van der Waals surface area contributed by atoms with E-state index in [0.29, 0.717) is 31.0 Å². The second kappa shape index (κ2) is 13.2. The lowest BCUT2D eigenvalue weighted by Gasteiger charge is -2.16. The lowest BCUT2D eigenvalue weighted by atomic mass is 10.1. The largest absolute Gasteiger partial charge is 0.490 e. The number of hydrogen-bond donors (Lipinski definition) is 2. The summed E-state index contributed by atoms with van der Waals surface area (Å²) in [5, 5.41) is 5.80. The highest BCUT2D eigenvalue weighted by molar-refractivity contribution is 9.13. The van der Waals surface area contributed by atoms with E-state index in [1.165, 1.54) is 25.3 Å². The number of ether oxygens (including phenoxy) is 3. The zero-order valence-electron chi connectivity index (χ0n) is 21.6. The summed E-state index contributed by atoms with van der Waals surface area (Å²) >= 11 is 12.8. The first-order valence-electron chi connectivity index (χ1n) is 12.0. The SMILES string of the molecule is CCOc1cc(/C=C2\NC(=O)N(Cc3ccc(C(=O)OC)o3)C2=O)c(Br)c(Br)c1OCC(=O)Nc1ccc(Cl)cc1. The second-order valence-corrected chi connectivity index (χ2v) is 10.4. The summed E-state index contributed by atoms with van der Waals surface area (Å²) in [5.74, 6) is -0.955. The number of halogens is 3. The summed E-state index contributed by atoms with van der Waals surface area (Å²) in [7, 11) is 1.21. The quantitative estimate of drug-likeness (QED) is 0.154. The van der Waals surface area contributed by atoms with Gasteiger partial charge < -0.3 is 29.3 Å². The van der Waals surface area contributed by atoms with Gasteiger partial charge in [0.2, 0.25) is 5.76 Å². The summed E-state index contributed by atoms with van der Waals surface area (Å²) in [4.78, 5) is 50.6. The molecule has 1 fully saturated rings. The van der Waals surface area contributed by atoms with E-state index in [4.69, 9.17) is 25.5 Å². The maximum atomic E-state index is 13.0. The van der Waals surface area contributed by atoms with Gasteiger partial charge in [-0.05, 0) is 92.9 Å². The molecule has 1 aliphatic rings. The van der Waals surface area contributed by atoms with Gasteiger partial charge in [-0.1, -0.05) is 11.6 Å². The summed E-state index contributed by atoms with van der Waals surface area (Å²) in [6.07, 6.45) is 1.47. The molecular weight excluding hydrogens is 690 g/mol. The number of furan rings is 1. The zero-order valence-corrected chi connectivity index (χ0v) is 25.5. The Morgan fingerprint density at radius 3 is 2.51 bits per heavy atom. The zero-order chi connectivity index (χ0) is 29.7. The van der Waals surface area contributed by atoms with Gasteiger partial charge in [-0.25, -0.2) is 9.59 Å². The predicted octanol–water partition coefficient (Wildman–Crippen LogP) is 5.75. The van der Waals surface area contributed by atoms with Crippen LogP contribution in [0.25, 0.3) is 6.08 Å². The van der Waals surface area contributed by atoms with Gasteiger partial charge >= 0.3 is 12.0 Å². The molecule has 0 radical (unpaired) electrons. The molecule has 1 aliphatic heterocycles. The number of nitrogens with zero attached hydrogens (tertiary/aromatic N) is 1. The van der Waals surface area contributed by atoms with Crippen molar-refractivity contribution in [1.82, 2.24) is 10.2 Å². The molecule has 1 saturated heterocycles. The molecule has 14 heteroatoms. The van der Waals surface area contributed by atoms with Gasteiger partial charge in [-0.15, -0.1) is 0 Å². The fourth-order valence-corrected chi connectivity index (χ4v) is 4.75. The number of nitrogens with one attached hydrogen (secondary N) is 2. The predicted molar refractivity (Wildman–Crippen MR) is 156 cm³/mol. The fourth-order valence-electron chi connectivity index (χ4n) is 3.67. The maximum Gasteiger partial charge on any atom is 0.373 e. The van der Waals surface area contributed by atoms with Crippen molar-refractivity contribution in [3.05, 3.63) is 79.2 Å². The fraction of sp³-hybridized carbons (Fsp3) is 0.185. The van der Waals surface area contributed by atoms with Crippen LogP contribution >= 0.6 is 43.5 Å². The van der Waals surface area contributed by atoms with Crippen LogP contribution in [0.4, 0.5) is 10.5 Å². The van der Waals surface area contributed by atoms with Gasteiger partial charge in [-0.3, -0.25) is 14.5 Å². The van der Waals surface area contributed by atoms with Crippen LogP contribution in [-0.4, -0.2) is 49.0 Å². The Morgan fingerprint density at radius 1 is 1.10 bits per heavy atom. The molecule has 0 atom stereocenters. The number of rotatable bonds is 10. The third-order valence-electron chi connectivity index (χ3n) is 5.56. The Morgan fingerprint density at radius 2 is 1.83 bits per heavy atom. The molecule has 2 heterocycles. The first kappa shape index (κ1) is 30.2. The van der Waals surface area contributed by atoms with Gasteiger partial charge in [0, 0.05) is 15.2 Å². The lowest BCUT2D eigenvalue weighted by molar-refractivity contribution is -0.123. The van der Waals surface area contributed by atoms with E-state index < -0.39 is 23.8 Å². The van der Waals surface area contributed by atoms with Crippen LogP contribution < -0.4 is 20.1 Å². The maximum absolute atomic E-state index is 13.0. The van der Waals surface area contributed by atoms with Crippen molar-refractivity contribution < 1.29 is 37.8 Å². The van der Waals surface area contributed by atoms with Crippen molar-refractivity contribution in [2.75, 3.05) is 25.6 Å². The number of imide groups is 1. The molecule has 0 aliphatic carbocycles. The standard InChI is InChI=1S/C27H22Br2ClN3O8/c1-3-39-20-11-14(22(28)23(29)24(20)40-13-21(34)31-16-6-4-15(30)5-7-16)10-18-25(35)33(27(37)32-18)12-17-8-9-19(41-17)26(36)38-2/h4-11H,3,12-13H2,1-2H3,(H,31,34)(H,32,37)/b18-10-. The van der Waals surface area contributed by atoms with Crippen molar-refractivity contribution in [3.63, 3.8) is 0 Å². The Balaban J connectivity index is 1.52. The van der Waals surface area contributed by atoms with Gasteiger partial charge in [0.05, 0.1) is 24.7 Å². The van der Waals surface area contributed by atoms with E-state index in [-0.39, 0.29) is 42.7 Å². The molecule has 2 aromatic carbocycles. The van der Waals surface area contributed by atoms with Gasteiger partial charge in [0.1, 0.15) is 11.5 Å². The minimum absolute atomic E-state index is 0.000747. The average molecular weight is 712 g/mol. The van der Waals surface area contributed by atoms with E-state index in [1.54, 1.807) is 37.3 Å². The minimum atomic E-state index is -0.677. The molecule has 4 rings (SSSR count). The lowest BCUT2D eigenvalue weighted by Crippen LogP contribution is -2.30. The average Bonchev–Trinajstić information content (AvgIpc) is 3.52. The smallest absolute Gasteiger partial charge is 0.373 e. The Bertz CT molecular complexity index is 1540. The highest BCUT2D eigenvalue weighted by Gasteiger charge is 2.35. The van der Waals surface area contributed by atoms with Crippen LogP contribution in [0, 0.1) is 0 Å². The molecule has 0 unspecified atom stereocenters. The van der Waals surface area contributed by atoms with E-state index in [2.05, 4.69) is 47.2 Å². The first-order valence-corrected chi connectivity index (χ1v) is 13.9. The van der Waals surface area contributed by atoms with E-state index in [9.17, 15) is 19.2 Å². The van der Waals surface area contributed by atoms with Crippen LogP contribution in [0.3, 0.4) is 0 Å². The topological polar surface area (TPSA) is 136 Å². The number of anilines is 1. The van der Waals surface area contributed by atoms with Crippen molar-refractivity contribution in [2.24, 2.45) is 0 Å². The number of esters is 1. The summed E-state index contributed by atoms with van der Waals surface area (Å²) < 4.78 is 22.4. The Hall–Kier alpha value is -3.81. The van der Waals surface area contributed by atoms with Crippen LogP contribution in [0.1, 0.15) is 28.8 Å². The molecule has 3 aromatic rings. The Labute approximate surface area is 256 Å². The molecular formula is C27H22Br2ClN3O8. The van der Waals surface area contributed by atoms with Crippen molar-refractivity contribution in [1.29, 1.82) is 0 Å². The highest BCUT2D eigenvalue weighted by atomic mass is 79.9. The minimum Gasteiger partial charge on any atom is -0.490 e. The van der Waals surface area contributed by atoms with Crippen LogP contribution in [0.2, 0.25) is 5.02 Å². The summed E-state index contributed by atoms with van der Waals surface area (Å²) in [5.41, 5.74) is 1.04. The number of amides is 4. The van der Waals surface area contributed by atoms with Crippen molar-refractivity contribution in [2.45, 2.75) is 13.5 Å². The van der Waals surface area contributed by atoms with Crippen LogP contribution in [-0.2, 0) is 20.9 Å². The molecule has 1 aromatic heterocycles. The van der Waals surface area contributed by atoms with Crippen LogP contribution in [0.5, 0.6) is 11.5 Å². The van der Waals surface area contributed by atoms with E-state index in [1.807, 2.05) is 0 Å². The molecule has 0 spiro atoms. The normalized spacial score (nSPS) is 13.8. The summed E-state index contributed by atoms with van der Waals surface area (Å²) in [6, 6.07) is 10.5. The number of hydrogen-bond acceptors (Lipinski definition) is 8. The molecule has 41 heavy (non-hydrogen) atoms. The molecule has 0 bridgehead atoms. The van der Waals surface area contributed by atoms with Gasteiger partial charge in [0.25, 0.3) is 11.8 Å². The molecule has 0 saturated carbocycles. The monoisotopic (exact) mass is 709 g/mol. The van der Waals surface area contributed by atoms with Crippen molar-refractivity contribution in [3.8, 4) is 11.5 Å². The van der Waals surface area contributed by atoms with Gasteiger partial charge in [-0.2, -0.15) is 0 Å². The van der Waals surface area contributed by atoms with E-state index >= 15 is 0 Å². The number of carbonyl (C=O) groups is 4. The van der Waals surface area contributed by atoms with E-state index in [0.717, 1.165) is 4.90 Å². The first-order chi connectivity index (χ1) is 19.6.